The standard InChI is InChI=1S/C26H30N2O2/c1-27-20-12-11-19-24(25(29)30)28-26(21-13-5-2-6-14-21,22-15-7-3-8-16-22)23-17-9-4-10-18-23/h2-10,13-18,24,27-28H,11-12,19-20H2,1H3,(H,29,30)/t24-/m0/s1. The van der Waals surface area contributed by atoms with Crippen LogP contribution in [0.2, 0.25) is 0 Å². The molecule has 0 aliphatic rings. The Morgan fingerprint density at radius 1 is 0.800 bits per heavy atom. The second kappa shape index (κ2) is 10.7. The molecular weight excluding hydrogens is 372 g/mol. The van der Waals surface area contributed by atoms with Crippen molar-refractivity contribution < 1.29 is 9.90 Å². The summed E-state index contributed by atoms with van der Waals surface area (Å²) in [7, 11) is 1.91. The maximum Gasteiger partial charge on any atom is 0.320 e. The molecule has 0 fully saturated rings. The number of carboxylic acids is 1. The molecule has 0 aliphatic heterocycles. The maximum atomic E-state index is 12.3. The lowest BCUT2D eigenvalue weighted by atomic mass is 9.76. The summed E-state index contributed by atoms with van der Waals surface area (Å²) >= 11 is 0. The van der Waals surface area contributed by atoms with E-state index in [9.17, 15) is 9.90 Å². The van der Waals surface area contributed by atoms with Gasteiger partial charge in [-0.05, 0) is 43.1 Å². The molecule has 0 heterocycles. The highest BCUT2D eigenvalue weighted by Crippen LogP contribution is 2.37. The van der Waals surface area contributed by atoms with E-state index in [1.807, 2.05) is 61.6 Å². The summed E-state index contributed by atoms with van der Waals surface area (Å²) in [5.41, 5.74) is 2.28. The fourth-order valence-electron chi connectivity index (χ4n) is 3.98. The van der Waals surface area contributed by atoms with Gasteiger partial charge in [0.15, 0.2) is 0 Å². The lowest BCUT2D eigenvalue weighted by Gasteiger charge is -2.39. The molecule has 0 amide bonds. The van der Waals surface area contributed by atoms with Crippen molar-refractivity contribution in [2.75, 3.05) is 13.6 Å². The Morgan fingerprint density at radius 3 is 1.60 bits per heavy atom. The van der Waals surface area contributed by atoms with E-state index in [-0.39, 0.29) is 0 Å². The summed E-state index contributed by atoms with van der Waals surface area (Å²) in [4.78, 5) is 12.3. The summed E-state index contributed by atoms with van der Waals surface area (Å²) in [5, 5.41) is 16.8. The number of rotatable bonds is 11. The van der Waals surface area contributed by atoms with E-state index in [4.69, 9.17) is 0 Å². The molecular formula is C26H30N2O2. The number of benzene rings is 3. The predicted molar refractivity (Wildman–Crippen MR) is 122 cm³/mol. The lowest BCUT2D eigenvalue weighted by Crippen LogP contribution is -2.52. The van der Waals surface area contributed by atoms with Crippen LogP contribution < -0.4 is 10.6 Å². The SMILES string of the molecule is CNCCCC[C@H](NC(c1ccccc1)(c1ccccc1)c1ccccc1)C(=O)O. The molecule has 156 valence electrons. The molecule has 30 heavy (non-hydrogen) atoms. The van der Waals surface area contributed by atoms with Crippen molar-refractivity contribution in [2.45, 2.75) is 30.8 Å². The summed E-state index contributed by atoms with van der Waals surface area (Å²) in [5.74, 6) is -0.827. The molecule has 4 nitrogen and oxygen atoms in total. The smallest absolute Gasteiger partial charge is 0.320 e. The zero-order valence-electron chi connectivity index (χ0n) is 17.4. The minimum absolute atomic E-state index is 0.561. The molecule has 3 aromatic carbocycles. The van der Waals surface area contributed by atoms with E-state index in [1.165, 1.54) is 0 Å². The number of hydrogen-bond donors (Lipinski definition) is 3. The van der Waals surface area contributed by atoms with Gasteiger partial charge in [0.2, 0.25) is 0 Å². The summed E-state index contributed by atoms with van der Waals surface area (Å²) < 4.78 is 0. The van der Waals surface area contributed by atoms with Crippen LogP contribution in [0.5, 0.6) is 0 Å². The van der Waals surface area contributed by atoms with Gasteiger partial charge in [-0.1, -0.05) is 97.4 Å². The number of aliphatic carboxylic acids is 1. The molecule has 3 N–H and O–H groups in total. The van der Waals surface area contributed by atoms with E-state index >= 15 is 0 Å². The van der Waals surface area contributed by atoms with Gasteiger partial charge in [0, 0.05) is 0 Å². The average Bonchev–Trinajstić information content (AvgIpc) is 2.80. The monoisotopic (exact) mass is 402 g/mol. The zero-order valence-corrected chi connectivity index (χ0v) is 17.4. The second-order valence-electron chi connectivity index (χ2n) is 7.48. The van der Waals surface area contributed by atoms with Crippen molar-refractivity contribution >= 4 is 5.97 Å². The van der Waals surface area contributed by atoms with Gasteiger partial charge in [-0.25, -0.2) is 0 Å². The Balaban J connectivity index is 2.11. The van der Waals surface area contributed by atoms with Gasteiger partial charge in [0.1, 0.15) is 6.04 Å². The Morgan fingerprint density at radius 2 is 1.23 bits per heavy atom. The van der Waals surface area contributed by atoms with Gasteiger partial charge in [-0.3, -0.25) is 10.1 Å². The van der Waals surface area contributed by atoms with Crippen LogP contribution in [-0.2, 0) is 10.3 Å². The molecule has 0 bridgehead atoms. The second-order valence-corrected chi connectivity index (χ2v) is 7.48. The third kappa shape index (κ3) is 4.96. The van der Waals surface area contributed by atoms with E-state index in [0.717, 1.165) is 36.1 Å². The van der Waals surface area contributed by atoms with Gasteiger partial charge in [-0.15, -0.1) is 0 Å². The Labute approximate surface area is 179 Å². The molecule has 0 unspecified atom stereocenters. The maximum absolute atomic E-state index is 12.3. The van der Waals surface area contributed by atoms with Crippen LogP contribution in [0.1, 0.15) is 36.0 Å². The molecule has 0 aromatic heterocycles. The Hall–Kier alpha value is -2.95. The van der Waals surface area contributed by atoms with Gasteiger partial charge in [0.05, 0.1) is 5.54 Å². The number of unbranched alkanes of at least 4 members (excludes halogenated alkanes) is 1. The molecule has 0 saturated carbocycles. The number of carboxylic acid groups (broad SMARTS) is 1. The average molecular weight is 403 g/mol. The molecule has 0 spiro atoms. The molecule has 1 atom stereocenters. The molecule has 0 saturated heterocycles. The van der Waals surface area contributed by atoms with Crippen LogP contribution in [0.25, 0.3) is 0 Å². The fourth-order valence-corrected chi connectivity index (χ4v) is 3.98. The first kappa shape index (κ1) is 21.8. The van der Waals surface area contributed by atoms with Crippen molar-refractivity contribution in [1.82, 2.24) is 10.6 Å². The van der Waals surface area contributed by atoms with Crippen molar-refractivity contribution in [3.05, 3.63) is 108 Å². The van der Waals surface area contributed by atoms with Crippen LogP contribution in [-0.4, -0.2) is 30.7 Å². The first-order chi connectivity index (χ1) is 14.7. The van der Waals surface area contributed by atoms with Crippen LogP contribution in [0.3, 0.4) is 0 Å². The zero-order chi connectivity index (χ0) is 21.2. The first-order valence-electron chi connectivity index (χ1n) is 10.5. The highest BCUT2D eigenvalue weighted by Gasteiger charge is 2.39. The fraction of sp³-hybridized carbons (Fsp3) is 0.269. The molecule has 3 rings (SSSR count). The van der Waals surface area contributed by atoms with E-state index in [2.05, 4.69) is 47.0 Å². The normalized spacial score (nSPS) is 12.4. The predicted octanol–water partition coefficient (Wildman–Crippen LogP) is 4.41. The third-order valence-corrected chi connectivity index (χ3v) is 5.48. The van der Waals surface area contributed by atoms with E-state index in [1.54, 1.807) is 0 Å². The number of nitrogens with one attached hydrogen (secondary N) is 2. The van der Waals surface area contributed by atoms with Gasteiger partial charge < -0.3 is 10.4 Å². The Bertz CT molecular complexity index is 801. The summed E-state index contributed by atoms with van der Waals surface area (Å²) in [6, 6.07) is 29.6. The van der Waals surface area contributed by atoms with Crippen molar-refractivity contribution in [3.8, 4) is 0 Å². The summed E-state index contributed by atoms with van der Waals surface area (Å²) in [6.45, 7) is 0.882. The van der Waals surface area contributed by atoms with Gasteiger partial charge >= 0.3 is 5.97 Å². The quantitative estimate of drug-likeness (QED) is 0.328. The van der Waals surface area contributed by atoms with Crippen LogP contribution in [0.4, 0.5) is 0 Å². The highest BCUT2D eigenvalue weighted by molar-refractivity contribution is 5.74. The highest BCUT2D eigenvalue weighted by atomic mass is 16.4. The summed E-state index contributed by atoms with van der Waals surface area (Å²) in [6.07, 6.45) is 2.33. The van der Waals surface area contributed by atoms with E-state index < -0.39 is 17.6 Å². The number of carbonyl (C=O) groups is 1. The first-order valence-corrected chi connectivity index (χ1v) is 10.5. The van der Waals surface area contributed by atoms with Crippen LogP contribution in [0.15, 0.2) is 91.0 Å². The molecule has 0 radical (unpaired) electrons. The topological polar surface area (TPSA) is 61.4 Å². The molecule has 0 aliphatic carbocycles. The van der Waals surface area contributed by atoms with Crippen LogP contribution in [0, 0.1) is 0 Å². The van der Waals surface area contributed by atoms with E-state index in [0.29, 0.717) is 6.42 Å². The minimum Gasteiger partial charge on any atom is -0.480 e. The van der Waals surface area contributed by atoms with Crippen LogP contribution >= 0.6 is 0 Å². The lowest BCUT2D eigenvalue weighted by molar-refractivity contribution is -0.140. The van der Waals surface area contributed by atoms with Crippen molar-refractivity contribution in [3.63, 3.8) is 0 Å². The van der Waals surface area contributed by atoms with Crippen molar-refractivity contribution in [1.29, 1.82) is 0 Å². The minimum atomic E-state index is -0.827. The largest absolute Gasteiger partial charge is 0.480 e. The van der Waals surface area contributed by atoms with Crippen molar-refractivity contribution in [2.24, 2.45) is 0 Å². The van der Waals surface area contributed by atoms with Gasteiger partial charge in [0.25, 0.3) is 0 Å². The molecule has 4 heteroatoms. The Kier molecular flexibility index (Phi) is 7.77. The molecule has 3 aromatic rings. The van der Waals surface area contributed by atoms with Gasteiger partial charge in [-0.2, -0.15) is 0 Å². The third-order valence-electron chi connectivity index (χ3n) is 5.48. The number of hydrogen-bond acceptors (Lipinski definition) is 3.